The predicted octanol–water partition coefficient (Wildman–Crippen LogP) is 1.80. The summed E-state index contributed by atoms with van der Waals surface area (Å²) in [5.41, 5.74) is 1.48. The van der Waals surface area contributed by atoms with Crippen molar-refractivity contribution in [1.29, 1.82) is 0 Å². The maximum absolute atomic E-state index is 12.8. The standard InChI is InChI=1S/C21H19N3O6/c1-3-22-21(29)23-17(25)11-30-20(28)13-8-9-14-15(10-13)19(27)24(18(14)26)16-7-5-4-6-12(16)2/h4-10H,3,11H2,1-2H3,(H2,22,23,25,29). The summed E-state index contributed by atoms with van der Waals surface area (Å²) in [7, 11) is 0. The second-order valence-corrected chi connectivity index (χ2v) is 6.48. The first-order valence-electron chi connectivity index (χ1n) is 9.16. The molecule has 0 aliphatic carbocycles. The molecule has 0 spiro atoms. The van der Waals surface area contributed by atoms with Crippen LogP contribution in [0.1, 0.15) is 43.6 Å². The van der Waals surface area contributed by atoms with Crippen molar-refractivity contribution in [2.45, 2.75) is 13.8 Å². The van der Waals surface area contributed by atoms with E-state index >= 15 is 0 Å². The van der Waals surface area contributed by atoms with Gasteiger partial charge >= 0.3 is 12.0 Å². The summed E-state index contributed by atoms with van der Waals surface area (Å²) in [4.78, 5) is 61.7. The number of anilines is 1. The summed E-state index contributed by atoms with van der Waals surface area (Å²) in [6, 6.07) is 10.3. The zero-order chi connectivity index (χ0) is 21.8. The van der Waals surface area contributed by atoms with Crippen LogP contribution >= 0.6 is 0 Å². The van der Waals surface area contributed by atoms with Crippen LogP contribution < -0.4 is 15.5 Å². The van der Waals surface area contributed by atoms with E-state index in [-0.39, 0.29) is 16.7 Å². The molecule has 1 aliphatic heterocycles. The average Bonchev–Trinajstić information content (AvgIpc) is 2.96. The summed E-state index contributed by atoms with van der Waals surface area (Å²) in [5.74, 6) is -2.69. The van der Waals surface area contributed by atoms with Crippen molar-refractivity contribution < 1.29 is 28.7 Å². The van der Waals surface area contributed by atoms with Gasteiger partial charge in [-0.1, -0.05) is 18.2 Å². The average molecular weight is 409 g/mol. The summed E-state index contributed by atoms with van der Waals surface area (Å²) < 4.78 is 4.88. The minimum absolute atomic E-state index is 0.00680. The topological polar surface area (TPSA) is 122 Å². The van der Waals surface area contributed by atoms with E-state index in [1.165, 1.54) is 18.2 Å². The lowest BCUT2D eigenvalue weighted by molar-refractivity contribution is -0.123. The van der Waals surface area contributed by atoms with Crippen molar-refractivity contribution in [3.63, 3.8) is 0 Å². The van der Waals surface area contributed by atoms with Crippen molar-refractivity contribution in [1.82, 2.24) is 10.6 Å². The highest BCUT2D eigenvalue weighted by Gasteiger charge is 2.37. The molecule has 0 radical (unpaired) electrons. The highest BCUT2D eigenvalue weighted by Crippen LogP contribution is 2.31. The fraction of sp³-hybridized carbons (Fsp3) is 0.190. The number of fused-ring (bicyclic) bond motifs is 1. The SMILES string of the molecule is CCNC(=O)NC(=O)COC(=O)c1ccc2c(c1)C(=O)N(c1ccccc1C)C2=O. The largest absolute Gasteiger partial charge is 0.452 e. The molecule has 9 nitrogen and oxygen atoms in total. The van der Waals surface area contributed by atoms with E-state index in [0.29, 0.717) is 12.2 Å². The Balaban J connectivity index is 1.73. The third kappa shape index (κ3) is 4.04. The first-order valence-corrected chi connectivity index (χ1v) is 9.16. The van der Waals surface area contributed by atoms with Gasteiger partial charge in [0.2, 0.25) is 0 Å². The Morgan fingerprint density at radius 3 is 2.40 bits per heavy atom. The number of nitrogens with one attached hydrogen (secondary N) is 2. The number of imide groups is 2. The summed E-state index contributed by atoms with van der Waals surface area (Å²) in [6.07, 6.45) is 0. The number of hydrogen-bond acceptors (Lipinski definition) is 6. The van der Waals surface area contributed by atoms with E-state index < -0.39 is 36.3 Å². The molecule has 0 saturated heterocycles. The Labute approximate surface area is 172 Å². The van der Waals surface area contributed by atoms with Crippen LogP contribution in [0, 0.1) is 6.92 Å². The van der Waals surface area contributed by atoms with Crippen molar-refractivity contribution >= 4 is 35.4 Å². The number of esters is 1. The molecule has 0 unspecified atom stereocenters. The number of rotatable bonds is 5. The molecular formula is C21H19N3O6. The lowest BCUT2D eigenvalue weighted by Gasteiger charge is -2.16. The van der Waals surface area contributed by atoms with Crippen LogP contribution in [-0.2, 0) is 9.53 Å². The fourth-order valence-electron chi connectivity index (χ4n) is 2.98. The van der Waals surface area contributed by atoms with Gasteiger partial charge in [0.1, 0.15) is 0 Å². The van der Waals surface area contributed by atoms with Gasteiger partial charge in [-0.25, -0.2) is 14.5 Å². The van der Waals surface area contributed by atoms with Crippen molar-refractivity contribution in [3.05, 3.63) is 64.7 Å². The van der Waals surface area contributed by atoms with Crippen LogP contribution in [0.2, 0.25) is 0 Å². The molecular weight excluding hydrogens is 390 g/mol. The van der Waals surface area contributed by atoms with Crippen LogP contribution in [-0.4, -0.2) is 42.9 Å². The second kappa shape index (κ2) is 8.56. The number of benzene rings is 2. The minimum atomic E-state index is -0.863. The highest BCUT2D eigenvalue weighted by molar-refractivity contribution is 6.34. The van der Waals surface area contributed by atoms with Gasteiger partial charge in [-0.2, -0.15) is 0 Å². The third-order valence-corrected chi connectivity index (χ3v) is 4.40. The summed E-state index contributed by atoms with van der Waals surface area (Å²) in [5, 5.41) is 4.37. The lowest BCUT2D eigenvalue weighted by Crippen LogP contribution is -2.41. The number of ether oxygens (including phenoxy) is 1. The molecule has 30 heavy (non-hydrogen) atoms. The number of para-hydroxylation sites is 1. The first-order chi connectivity index (χ1) is 14.3. The van der Waals surface area contributed by atoms with E-state index in [9.17, 15) is 24.0 Å². The monoisotopic (exact) mass is 409 g/mol. The Bertz CT molecular complexity index is 1060. The Morgan fingerprint density at radius 1 is 1.00 bits per heavy atom. The van der Waals surface area contributed by atoms with Gasteiger partial charge in [-0.3, -0.25) is 19.7 Å². The second-order valence-electron chi connectivity index (χ2n) is 6.48. The fourth-order valence-corrected chi connectivity index (χ4v) is 2.98. The van der Waals surface area contributed by atoms with Crippen LogP contribution in [0.4, 0.5) is 10.5 Å². The van der Waals surface area contributed by atoms with Gasteiger partial charge in [0.05, 0.1) is 22.4 Å². The molecule has 3 rings (SSSR count). The quantitative estimate of drug-likeness (QED) is 0.574. The molecule has 1 aliphatic rings. The maximum atomic E-state index is 12.8. The Hall–Kier alpha value is -4.01. The minimum Gasteiger partial charge on any atom is -0.452 e. The zero-order valence-corrected chi connectivity index (χ0v) is 16.4. The number of urea groups is 1. The number of hydrogen-bond donors (Lipinski definition) is 2. The van der Waals surface area contributed by atoms with E-state index in [2.05, 4.69) is 5.32 Å². The maximum Gasteiger partial charge on any atom is 0.338 e. The van der Waals surface area contributed by atoms with Crippen LogP contribution in [0.3, 0.4) is 0 Å². The molecule has 0 bridgehead atoms. The normalized spacial score (nSPS) is 12.4. The van der Waals surface area contributed by atoms with Gasteiger partial charge < -0.3 is 10.1 Å². The number of carbonyl (C=O) groups is 5. The number of aryl methyl sites for hydroxylation is 1. The van der Waals surface area contributed by atoms with E-state index in [4.69, 9.17) is 4.74 Å². The Morgan fingerprint density at radius 2 is 1.70 bits per heavy atom. The van der Waals surface area contributed by atoms with Gasteiger partial charge in [0.15, 0.2) is 6.61 Å². The van der Waals surface area contributed by atoms with Crippen molar-refractivity contribution in [2.75, 3.05) is 18.1 Å². The molecule has 2 N–H and O–H groups in total. The van der Waals surface area contributed by atoms with Crippen molar-refractivity contribution in [3.8, 4) is 0 Å². The molecule has 0 saturated carbocycles. The number of amides is 5. The van der Waals surface area contributed by atoms with Crippen LogP contribution in [0.25, 0.3) is 0 Å². The van der Waals surface area contributed by atoms with E-state index in [1.807, 2.05) is 5.32 Å². The first kappa shape index (κ1) is 20.7. The van der Waals surface area contributed by atoms with Crippen molar-refractivity contribution in [2.24, 2.45) is 0 Å². The van der Waals surface area contributed by atoms with Gasteiger partial charge in [-0.15, -0.1) is 0 Å². The molecule has 1 heterocycles. The molecule has 0 atom stereocenters. The molecule has 154 valence electrons. The van der Waals surface area contributed by atoms with Crippen LogP contribution in [0.15, 0.2) is 42.5 Å². The highest BCUT2D eigenvalue weighted by atomic mass is 16.5. The van der Waals surface area contributed by atoms with E-state index in [1.54, 1.807) is 38.1 Å². The zero-order valence-electron chi connectivity index (χ0n) is 16.4. The molecule has 0 fully saturated rings. The number of nitrogens with zero attached hydrogens (tertiary/aromatic N) is 1. The third-order valence-electron chi connectivity index (χ3n) is 4.40. The number of carbonyl (C=O) groups excluding carboxylic acids is 5. The summed E-state index contributed by atoms with van der Waals surface area (Å²) >= 11 is 0. The predicted molar refractivity (Wildman–Crippen MR) is 106 cm³/mol. The smallest absolute Gasteiger partial charge is 0.338 e. The lowest BCUT2D eigenvalue weighted by atomic mass is 10.1. The van der Waals surface area contributed by atoms with Crippen LogP contribution in [0.5, 0.6) is 0 Å². The molecule has 2 aromatic rings. The molecule has 2 aromatic carbocycles. The Kier molecular flexibility index (Phi) is 5.91. The molecule has 5 amide bonds. The van der Waals surface area contributed by atoms with Gasteiger partial charge in [0.25, 0.3) is 17.7 Å². The molecule has 9 heteroatoms. The van der Waals surface area contributed by atoms with Gasteiger partial charge in [-0.05, 0) is 43.7 Å². The van der Waals surface area contributed by atoms with E-state index in [0.717, 1.165) is 10.5 Å². The van der Waals surface area contributed by atoms with Gasteiger partial charge in [0, 0.05) is 6.54 Å². The summed E-state index contributed by atoms with van der Waals surface area (Å²) in [6.45, 7) is 3.13. The molecule has 0 aromatic heterocycles.